The van der Waals surface area contributed by atoms with E-state index < -0.39 is 11.6 Å². The van der Waals surface area contributed by atoms with Crippen LogP contribution < -0.4 is 5.32 Å². The van der Waals surface area contributed by atoms with Crippen LogP contribution in [0.2, 0.25) is 0 Å². The first-order valence-corrected chi connectivity index (χ1v) is 11.5. The SMILES string of the molecule is O=C(CN1C(=O)NC2(CCc3ccccc32)C1=O)N1CCN(C/C=C/c2ccccc2)CC1. The number of aryl methyl sites for hydroxylation is 1. The van der Waals surface area contributed by atoms with Crippen molar-refractivity contribution in [3.8, 4) is 0 Å². The lowest BCUT2D eigenvalue weighted by Gasteiger charge is -2.34. The average molecular weight is 445 g/mol. The Hall–Kier alpha value is -3.45. The molecule has 7 nitrogen and oxygen atoms in total. The van der Waals surface area contributed by atoms with Gasteiger partial charge in [-0.3, -0.25) is 19.4 Å². The largest absolute Gasteiger partial charge is 0.339 e. The summed E-state index contributed by atoms with van der Waals surface area (Å²) in [4.78, 5) is 44.0. The number of carbonyl (C=O) groups is 3. The highest BCUT2D eigenvalue weighted by Gasteiger charge is 2.55. The van der Waals surface area contributed by atoms with E-state index in [2.05, 4.69) is 34.5 Å². The number of nitrogens with zero attached hydrogens (tertiary/aromatic N) is 3. The first-order chi connectivity index (χ1) is 16.1. The van der Waals surface area contributed by atoms with Crippen molar-refractivity contribution in [3.05, 3.63) is 77.4 Å². The van der Waals surface area contributed by atoms with Gasteiger partial charge >= 0.3 is 6.03 Å². The minimum Gasteiger partial charge on any atom is -0.339 e. The number of hydrogen-bond acceptors (Lipinski definition) is 4. The summed E-state index contributed by atoms with van der Waals surface area (Å²) in [6.07, 6.45) is 5.52. The van der Waals surface area contributed by atoms with Crippen LogP contribution >= 0.6 is 0 Å². The molecule has 2 aromatic carbocycles. The molecule has 0 saturated carbocycles. The molecule has 5 rings (SSSR count). The Balaban J connectivity index is 1.15. The summed E-state index contributed by atoms with van der Waals surface area (Å²) >= 11 is 0. The molecule has 0 aromatic heterocycles. The van der Waals surface area contributed by atoms with Crippen LogP contribution in [0.25, 0.3) is 6.08 Å². The molecule has 2 aliphatic heterocycles. The van der Waals surface area contributed by atoms with Crippen molar-refractivity contribution >= 4 is 23.9 Å². The summed E-state index contributed by atoms with van der Waals surface area (Å²) < 4.78 is 0. The van der Waals surface area contributed by atoms with Crippen molar-refractivity contribution < 1.29 is 14.4 Å². The van der Waals surface area contributed by atoms with Crippen LogP contribution in [0.15, 0.2) is 60.7 Å². The van der Waals surface area contributed by atoms with Gasteiger partial charge in [0.25, 0.3) is 5.91 Å². The maximum Gasteiger partial charge on any atom is 0.325 e. The third kappa shape index (κ3) is 4.04. The molecule has 1 aliphatic carbocycles. The molecule has 0 radical (unpaired) electrons. The number of fused-ring (bicyclic) bond motifs is 2. The van der Waals surface area contributed by atoms with Gasteiger partial charge in [0.05, 0.1) is 0 Å². The van der Waals surface area contributed by atoms with Crippen LogP contribution in [0.5, 0.6) is 0 Å². The number of hydrogen-bond donors (Lipinski definition) is 1. The lowest BCUT2D eigenvalue weighted by atomic mass is 9.92. The predicted octanol–water partition coefficient (Wildman–Crippen LogP) is 2.24. The maximum atomic E-state index is 13.3. The average Bonchev–Trinajstić information content (AvgIpc) is 3.33. The van der Waals surface area contributed by atoms with E-state index >= 15 is 0 Å². The first-order valence-electron chi connectivity index (χ1n) is 11.5. The second-order valence-electron chi connectivity index (χ2n) is 8.88. The summed E-state index contributed by atoms with van der Waals surface area (Å²) in [5, 5.41) is 2.89. The van der Waals surface area contributed by atoms with Crippen molar-refractivity contribution in [3.63, 3.8) is 0 Å². The van der Waals surface area contributed by atoms with Crippen LogP contribution in [-0.4, -0.2) is 71.8 Å². The van der Waals surface area contributed by atoms with Crippen molar-refractivity contribution in [1.29, 1.82) is 0 Å². The Bertz CT molecular complexity index is 1090. The highest BCUT2D eigenvalue weighted by atomic mass is 16.2. The molecule has 7 heteroatoms. The van der Waals surface area contributed by atoms with Crippen molar-refractivity contribution in [2.45, 2.75) is 18.4 Å². The third-order valence-corrected chi connectivity index (χ3v) is 6.91. The molecule has 1 atom stereocenters. The standard InChI is InChI=1S/C26H28N4O3/c31-23(29-17-15-28(16-18-29)14-6-9-20-7-2-1-3-8-20)19-30-24(32)26(27-25(30)33)13-12-21-10-4-5-11-22(21)26/h1-11H,12-19H2,(H,27,33)/b9-6+. The van der Waals surface area contributed by atoms with E-state index in [4.69, 9.17) is 0 Å². The van der Waals surface area contributed by atoms with E-state index in [0.717, 1.165) is 42.1 Å². The van der Waals surface area contributed by atoms with Gasteiger partial charge in [0.1, 0.15) is 12.1 Å². The van der Waals surface area contributed by atoms with E-state index in [1.807, 2.05) is 42.5 Å². The Morgan fingerprint density at radius 2 is 1.70 bits per heavy atom. The van der Waals surface area contributed by atoms with Gasteiger partial charge in [-0.25, -0.2) is 4.79 Å². The molecule has 2 heterocycles. The first kappa shape index (κ1) is 21.4. The molecule has 0 bridgehead atoms. The number of benzene rings is 2. The van der Waals surface area contributed by atoms with Gasteiger partial charge in [-0.2, -0.15) is 0 Å². The molecule has 3 aliphatic rings. The fraction of sp³-hybridized carbons (Fsp3) is 0.346. The summed E-state index contributed by atoms with van der Waals surface area (Å²) in [5.41, 5.74) is 2.09. The van der Waals surface area contributed by atoms with Gasteiger partial charge in [-0.05, 0) is 29.5 Å². The minimum absolute atomic E-state index is 0.179. The smallest absolute Gasteiger partial charge is 0.325 e. The summed E-state index contributed by atoms with van der Waals surface area (Å²) in [6, 6.07) is 17.4. The summed E-state index contributed by atoms with van der Waals surface area (Å²) in [7, 11) is 0. The molecule has 2 fully saturated rings. The van der Waals surface area contributed by atoms with Crippen LogP contribution in [0.4, 0.5) is 4.79 Å². The van der Waals surface area contributed by atoms with Crippen LogP contribution in [0.3, 0.4) is 0 Å². The summed E-state index contributed by atoms with van der Waals surface area (Å²) in [5.74, 6) is -0.489. The highest BCUT2D eigenvalue weighted by molar-refractivity contribution is 6.09. The fourth-order valence-corrected chi connectivity index (χ4v) is 5.05. The van der Waals surface area contributed by atoms with Gasteiger partial charge in [0, 0.05) is 32.7 Å². The number of piperazine rings is 1. The Labute approximate surface area is 193 Å². The Morgan fingerprint density at radius 1 is 0.970 bits per heavy atom. The number of urea groups is 1. The molecular formula is C26H28N4O3. The van der Waals surface area contributed by atoms with Crippen LogP contribution in [-0.2, 0) is 21.5 Å². The van der Waals surface area contributed by atoms with E-state index in [1.165, 1.54) is 5.56 Å². The van der Waals surface area contributed by atoms with Gasteiger partial charge < -0.3 is 10.2 Å². The Kier molecular flexibility index (Phi) is 5.72. The highest BCUT2D eigenvalue weighted by Crippen LogP contribution is 2.41. The lowest BCUT2D eigenvalue weighted by molar-refractivity contribution is -0.140. The normalized spacial score (nSPS) is 22.9. The van der Waals surface area contributed by atoms with Gasteiger partial charge in [-0.1, -0.05) is 66.7 Å². The molecule has 1 unspecified atom stereocenters. The lowest BCUT2D eigenvalue weighted by Crippen LogP contribution is -2.52. The molecule has 170 valence electrons. The fourth-order valence-electron chi connectivity index (χ4n) is 5.05. The third-order valence-electron chi connectivity index (χ3n) is 6.91. The number of rotatable bonds is 5. The van der Waals surface area contributed by atoms with Crippen LogP contribution in [0.1, 0.15) is 23.1 Å². The molecule has 2 aromatic rings. The van der Waals surface area contributed by atoms with E-state index in [0.29, 0.717) is 19.5 Å². The number of amides is 4. The van der Waals surface area contributed by atoms with Crippen molar-refractivity contribution in [2.75, 3.05) is 39.3 Å². The monoisotopic (exact) mass is 444 g/mol. The zero-order valence-electron chi connectivity index (χ0n) is 18.6. The Morgan fingerprint density at radius 3 is 2.48 bits per heavy atom. The molecule has 33 heavy (non-hydrogen) atoms. The van der Waals surface area contributed by atoms with Crippen molar-refractivity contribution in [2.24, 2.45) is 0 Å². The van der Waals surface area contributed by atoms with Gasteiger partial charge in [-0.15, -0.1) is 0 Å². The number of nitrogens with one attached hydrogen (secondary N) is 1. The molecule has 1 N–H and O–H groups in total. The molecule has 4 amide bonds. The molecule has 2 saturated heterocycles. The minimum atomic E-state index is -1.02. The summed E-state index contributed by atoms with van der Waals surface area (Å²) in [6.45, 7) is 3.34. The second kappa shape index (κ2) is 8.83. The van der Waals surface area contributed by atoms with E-state index in [1.54, 1.807) is 4.90 Å². The van der Waals surface area contributed by atoms with E-state index in [9.17, 15) is 14.4 Å². The maximum absolute atomic E-state index is 13.3. The van der Waals surface area contributed by atoms with Crippen molar-refractivity contribution in [1.82, 2.24) is 20.0 Å². The van der Waals surface area contributed by atoms with Gasteiger partial charge in [0.15, 0.2) is 0 Å². The van der Waals surface area contributed by atoms with Crippen LogP contribution in [0, 0.1) is 0 Å². The van der Waals surface area contributed by atoms with Gasteiger partial charge in [0.2, 0.25) is 5.91 Å². The number of imide groups is 1. The topological polar surface area (TPSA) is 73.0 Å². The molecule has 1 spiro atoms. The zero-order chi connectivity index (χ0) is 22.8. The predicted molar refractivity (Wildman–Crippen MR) is 125 cm³/mol. The zero-order valence-corrected chi connectivity index (χ0v) is 18.6. The quantitative estimate of drug-likeness (QED) is 0.718. The second-order valence-corrected chi connectivity index (χ2v) is 8.88. The van der Waals surface area contributed by atoms with E-state index in [-0.39, 0.29) is 18.4 Å². The molecular weight excluding hydrogens is 416 g/mol. The number of carbonyl (C=O) groups excluding carboxylic acids is 3.